The quantitative estimate of drug-likeness (QED) is 0.840. The van der Waals surface area contributed by atoms with Gasteiger partial charge in [0.25, 0.3) is 5.91 Å². The maximum Gasteiger partial charge on any atom is 0.263 e. The lowest BCUT2D eigenvalue weighted by atomic mass is 10.3. The van der Waals surface area contributed by atoms with E-state index in [2.05, 4.69) is 31.2 Å². The van der Waals surface area contributed by atoms with E-state index >= 15 is 0 Å². The van der Waals surface area contributed by atoms with Crippen LogP contribution in [0.3, 0.4) is 0 Å². The zero-order chi connectivity index (χ0) is 15.2. The highest BCUT2D eigenvalue weighted by Crippen LogP contribution is 2.23. The zero-order valence-corrected chi connectivity index (χ0v) is 12.8. The van der Waals surface area contributed by atoms with Crippen LogP contribution < -0.4 is 10.1 Å². The topological polar surface area (TPSA) is 87.9 Å². The molecule has 0 saturated carbocycles. The lowest BCUT2D eigenvalue weighted by molar-refractivity contribution is -0.118. The molecule has 0 bridgehead atoms. The summed E-state index contributed by atoms with van der Waals surface area (Å²) in [6, 6.07) is 6.64. The Morgan fingerprint density at radius 1 is 1.43 bits per heavy atom. The second-order valence-electron chi connectivity index (χ2n) is 3.79. The Morgan fingerprint density at radius 3 is 2.90 bits per heavy atom. The third-order valence-electron chi connectivity index (χ3n) is 2.33. The molecule has 0 fully saturated rings. The van der Waals surface area contributed by atoms with E-state index in [0.717, 1.165) is 0 Å². The van der Waals surface area contributed by atoms with Crippen LogP contribution in [0.25, 0.3) is 0 Å². The first-order valence-electron chi connectivity index (χ1n) is 5.69. The minimum atomic E-state index is -0.401. The van der Waals surface area contributed by atoms with Gasteiger partial charge in [-0.25, -0.2) is 9.97 Å². The molecule has 0 spiro atoms. The average molecular weight is 368 g/mol. The van der Waals surface area contributed by atoms with Crippen molar-refractivity contribution in [2.24, 2.45) is 0 Å². The Hall–Kier alpha value is -2.17. The molecule has 1 amide bonds. The summed E-state index contributed by atoms with van der Waals surface area (Å²) in [4.78, 5) is 19.6. The van der Waals surface area contributed by atoms with E-state index in [1.165, 1.54) is 18.5 Å². The van der Waals surface area contributed by atoms with Gasteiger partial charge >= 0.3 is 0 Å². The molecule has 0 atom stereocenters. The summed E-state index contributed by atoms with van der Waals surface area (Å²) < 4.78 is 5.67. The normalized spacial score (nSPS) is 9.76. The smallest absolute Gasteiger partial charge is 0.263 e. The van der Waals surface area contributed by atoms with Crippen LogP contribution in [0.4, 0.5) is 5.82 Å². The Kier molecular flexibility index (Phi) is 5.09. The van der Waals surface area contributed by atoms with Gasteiger partial charge in [-0.05, 0) is 34.1 Å². The van der Waals surface area contributed by atoms with E-state index in [4.69, 9.17) is 21.6 Å². The van der Waals surface area contributed by atoms with Crippen LogP contribution in [-0.2, 0) is 4.79 Å². The van der Waals surface area contributed by atoms with Crippen LogP contribution >= 0.6 is 27.5 Å². The molecule has 0 aliphatic carbocycles. The van der Waals surface area contributed by atoms with Crippen molar-refractivity contribution in [3.63, 3.8) is 0 Å². The van der Waals surface area contributed by atoms with Crippen LogP contribution in [0.5, 0.6) is 5.75 Å². The number of carbonyl (C=O) groups excluding carboxylic acids is 1. The van der Waals surface area contributed by atoms with Crippen LogP contribution in [0.15, 0.2) is 35.2 Å². The number of nitrogens with one attached hydrogen (secondary N) is 1. The maximum absolute atomic E-state index is 11.7. The number of ether oxygens (including phenoxy) is 1. The number of halogens is 2. The van der Waals surface area contributed by atoms with Gasteiger partial charge in [0.1, 0.15) is 27.8 Å². The van der Waals surface area contributed by atoms with E-state index in [-0.39, 0.29) is 17.9 Å². The number of nitriles is 1. The highest BCUT2D eigenvalue weighted by Gasteiger charge is 2.11. The zero-order valence-electron chi connectivity index (χ0n) is 10.5. The first-order chi connectivity index (χ1) is 10.1. The van der Waals surface area contributed by atoms with Crippen molar-refractivity contribution in [2.75, 3.05) is 11.9 Å². The predicted octanol–water partition coefficient (Wildman–Crippen LogP) is 2.78. The molecule has 6 nitrogen and oxygen atoms in total. The molecule has 0 saturated heterocycles. The minimum Gasteiger partial charge on any atom is -0.482 e. The number of amides is 1. The van der Waals surface area contributed by atoms with Crippen LogP contribution in [-0.4, -0.2) is 22.5 Å². The largest absolute Gasteiger partial charge is 0.482 e. The molecule has 8 heteroatoms. The highest BCUT2D eigenvalue weighted by atomic mass is 79.9. The van der Waals surface area contributed by atoms with Gasteiger partial charge in [-0.15, -0.1) is 0 Å². The van der Waals surface area contributed by atoms with Gasteiger partial charge in [-0.1, -0.05) is 11.6 Å². The van der Waals surface area contributed by atoms with E-state index < -0.39 is 5.91 Å². The van der Waals surface area contributed by atoms with E-state index in [1.807, 2.05) is 6.07 Å². The number of carbonyl (C=O) groups is 1. The van der Waals surface area contributed by atoms with Crippen LogP contribution in [0.2, 0.25) is 5.02 Å². The standard InChI is InChI=1S/C13H8BrClN4O2/c14-13-9(5-16)10(3-4-17-13)21-7-12(20)19-11-2-1-8(15)6-18-11/h1-4,6H,7H2,(H,18,19,20). The summed E-state index contributed by atoms with van der Waals surface area (Å²) in [5.41, 5.74) is 0.231. The average Bonchev–Trinajstić information content (AvgIpc) is 2.47. The van der Waals surface area contributed by atoms with Crippen molar-refractivity contribution < 1.29 is 9.53 Å². The number of anilines is 1. The predicted molar refractivity (Wildman–Crippen MR) is 80.0 cm³/mol. The molecule has 2 aromatic rings. The first kappa shape index (κ1) is 15.2. The molecule has 21 heavy (non-hydrogen) atoms. The summed E-state index contributed by atoms with van der Waals surface area (Å²) in [6.45, 7) is -0.255. The molecule has 0 unspecified atom stereocenters. The molecule has 1 N–H and O–H groups in total. The molecular formula is C13H8BrClN4O2. The monoisotopic (exact) mass is 366 g/mol. The van der Waals surface area contributed by atoms with Gasteiger partial charge < -0.3 is 10.1 Å². The highest BCUT2D eigenvalue weighted by molar-refractivity contribution is 9.10. The van der Waals surface area contributed by atoms with Gasteiger partial charge in [0, 0.05) is 12.4 Å². The second kappa shape index (κ2) is 7.02. The van der Waals surface area contributed by atoms with Crippen molar-refractivity contribution in [1.29, 1.82) is 5.26 Å². The number of nitrogens with zero attached hydrogens (tertiary/aromatic N) is 3. The Balaban J connectivity index is 1.97. The molecular weight excluding hydrogens is 360 g/mol. The molecule has 0 aliphatic heterocycles. The van der Waals surface area contributed by atoms with E-state index in [0.29, 0.717) is 15.4 Å². The second-order valence-corrected chi connectivity index (χ2v) is 4.97. The third kappa shape index (κ3) is 4.15. The van der Waals surface area contributed by atoms with Crippen molar-refractivity contribution in [3.05, 3.63) is 45.8 Å². The number of rotatable bonds is 4. The van der Waals surface area contributed by atoms with Crippen LogP contribution in [0.1, 0.15) is 5.56 Å². The summed E-state index contributed by atoms with van der Waals surface area (Å²) in [5.74, 6) is 0.240. The third-order valence-corrected chi connectivity index (χ3v) is 3.16. The van der Waals surface area contributed by atoms with Gasteiger partial charge in [0.2, 0.25) is 0 Å². The van der Waals surface area contributed by atoms with Gasteiger partial charge in [0.05, 0.1) is 5.02 Å². The van der Waals surface area contributed by atoms with Crippen molar-refractivity contribution in [3.8, 4) is 11.8 Å². The molecule has 0 aromatic carbocycles. The number of pyridine rings is 2. The van der Waals surface area contributed by atoms with Gasteiger partial charge in [-0.3, -0.25) is 4.79 Å². The summed E-state index contributed by atoms with van der Waals surface area (Å²) in [7, 11) is 0. The van der Waals surface area contributed by atoms with Crippen molar-refractivity contribution >= 4 is 39.3 Å². The molecule has 2 heterocycles. The molecule has 2 aromatic heterocycles. The van der Waals surface area contributed by atoms with Gasteiger partial charge in [-0.2, -0.15) is 5.26 Å². The van der Waals surface area contributed by atoms with Crippen molar-refractivity contribution in [1.82, 2.24) is 9.97 Å². The number of hydrogen-bond acceptors (Lipinski definition) is 5. The molecule has 2 rings (SSSR count). The van der Waals surface area contributed by atoms with Gasteiger partial charge in [0.15, 0.2) is 6.61 Å². The molecule has 106 valence electrons. The Labute approximate surface area is 133 Å². The van der Waals surface area contributed by atoms with Crippen LogP contribution in [0, 0.1) is 11.3 Å². The van der Waals surface area contributed by atoms with E-state index in [1.54, 1.807) is 12.1 Å². The SMILES string of the molecule is N#Cc1c(OCC(=O)Nc2ccc(Cl)cn2)ccnc1Br. The molecule has 0 radical (unpaired) electrons. The van der Waals surface area contributed by atoms with E-state index in [9.17, 15) is 4.79 Å². The fourth-order valence-electron chi connectivity index (χ4n) is 1.41. The first-order valence-corrected chi connectivity index (χ1v) is 6.86. The fourth-order valence-corrected chi connectivity index (χ4v) is 1.93. The summed E-state index contributed by atoms with van der Waals surface area (Å²) >= 11 is 8.83. The number of hydrogen-bond donors (Lipinski definition) is 1. The fraction of sp³-hybridized carbons (Fsp3) is 0.0769. The Morgan fingerprint density at radius 2 is 2.24 bits per heavy atom. The molecule has 0 aliphatic rings. The summed E-state index contributed by atoms with van der Waals surface area (Å²) in [5, 5.41) is 12.0. The van der Waals surface area contributed by atoms with Crippen molar-refractivity contribution in [2.45, 2.75) is 0 Å². The Bertz CT molecular complexity index is 700. The summed E-state index contributed by atoms with van der Waals surface area (Å²) in [6.07, 6.45) is 2.89. The minimum absolute atomic E-state index is 0.231. The lowest BCUT2D eigenvalue weighted by Crippen LogP contribution is -2.21. The number of aromatic nitrogens is 2. The lowest BCUT2D eigenvalue weighted by Gasteiger charge is -2.08. The maximum atomic E-state index is 11.7.